The van der Waals surface area contributed by atoms with Crippen LogP contribution in [0.3, 0.4) is 0 Å². The number of halogens is 1. The van der Waals surface area contributed by atoms with Crippen molar-refractivity contribution in [2.75, 3.05) is 18.7 Å². The molecule has 0 aromatic heterocycles. The molecule has 0 atom stereocenters. The molecule has 2 amide bonds. The molecule has 0 saturated heterocycles. The molecule has 22 heavy (non-hydrogen) atoms. The minimum Gasteiger partial charge on any atom is -0.492 e. The first-order valence-electron chi connectivity index (χ1n) is 6.84. The van der Waals surface area contributed by atoms with Gasteiger partial charge in [0.1, 0.15) is 11.5 Å². The van der Waals surface area contributed by atoms with Gasteiger partial charge in [0, 0.05) is 5.02 Å². The lowest BCUT2D eigenvalue weighted by Gasteiger charge is -2.12. The van der Waals surface area contributed by atoms with Gasteiger partial charge in [0.25, 0.3) is 0 Å². The van der Waals surface area contributed by atoms with Crippen LogP contribution in [0.25, 0.3) is 0 Å². The summed E-state index contributed by atoms with van der Waals surface area (Å²) in [5.41, 5.74) is 0.605. The van der Waals surface area contributed by atoms with Crippen molar-refractivity contribution < 1.29 is 14.3 Å². The van der Waals surface area contributed by atoms with Gasteiger partial charge < -0.3 is 20.1 Å². The van der Waals surface area contributed by atoms with Gasteiger partial charge in [-0.15, -0.1) is 0 Å². The molecule has 2 N–H and O–H groups in total. The second-order valence-corrected chi connectivity index (χ2v) is 4.74. The molecule has 116 valence electrons. The predicted molar refractivity (Wildman–Crippen MR) is 86.7 cm³/mol. The van der Waals surface area contributed by atoms with Crippen LogP contribution in [0.2, 0.25) is 5.02 Å². The number of urea groups is 1. The molecule has 0 radical (unpaired) electrons. The van der Waals surface area contributed by atoms with Crippen molar-refractivity contribution in [1.82, 2.24) is 5.32 Å². The molecule has 2 rings (SSSR count). The highest BCUT2D eigenvalue weighted by Gasteiger charge is 2.06. The van der Waals surface area contributed by atoms with Gasteiger partial charge in [-0.25, -0.2) is 4.79 Å². The third kappa shape index (κ3) is 4.86. The molecule has 2 aromatic carbocycles. The summed E-state index contributed by atoms with van der Waals surface area (Å²) < 4.78 is 10.8. The summed E-state index contributed by atoms with van der Waals surface area (Å²) in [6, 6.07) is 13.7. The molecule has 0 unspecified atom stereocenters. The largest absolute Gasteiger partial charge is 0.492 e. The molecule has 0 heterocycles. The zero-order chi connectivity index (χ0) is 15.8. The summed E-state index contributed by atoms with van der Waals surface area (Å²) in [5, 5.41) is 5.95. The van der Waals surface area contributed by atoms with Crippen LogP contribution in [0.1, 0.15) is 6.92 Å². The first-order valence-corrected chi connectivity index (χ1v) is 7.22. The third-order valence-electron chi connectivity index (χ3n) is 2.72. The van der Waals surface area contributed by atoms with E-state index >= 15 is 0 Å². The summed E-state index contributed by atoms with van der Waals surface area (Å²) in [7, 11) is 0. The number of carbonyl (C=O) groups excluding carboxylic acids is 1. The van der Waals surface area contributed by atoms with E-state index < -0.39 is 0 Å². The summed E-state index contributed by atoms with van der Waals surface area (Å²) in [6.07, 6.45) is 0. The molecular formula is C16H17ClN2O3. The number of para-hydroxylation sites is 2. The Labute approximate surface area is 134 Å². The maximum atomic E-state index is 11.8. The average molecular weight is 321 g/mol. The fourth-order valence-corrected chi connectivity index (χ4v) is 1.86. The zero-order valence-electron chi connectivity index (χ0n) is 12.1. The minimum atomic E-state index is -0.374. The average Bonchev–Trinajstić information content (AvgIpc) is 2.51. The Balaban J connectivity index is 1.82. The van der Waals surface area contributed by atoms with Gasteiger partial charge in [-0.1, -0.05) is 23.7 Å². The standard InChI is InChI=1S/C16H17ClN2O3/c1-2-21-15-6-4-3-5-14(15)19-16(20)18-11-22-13-9-7-12(17)8-10-13/h3-10H,2,11H2,1H3,(H2,18,19,20). The molecule has 5 nitrogen and oxygen atoms in total. The smallest absolute Gasteiger partial charge is 0.321 e. The molecule has 0 spiro atoms. The predicted octanol–water partition coefficient (Wildman–Crippen LogP) is 3.90. The number of ether oxygens (including phenoxy) is 2. The number of carbonyl (C=O) groups is 1. The number of amides is 2. The first kappa shape index (κ1) is 16.0. The van der Waals surface area contributed by atoms with Crippen molar-refractivity contribution in [3.05, 3.63) is 53.6 Å². The van der Waals surface area contributed by atoms with E-state index in [-0.39, 0.29) is 12.8 Å². The van der Waals surface area contributed by atoms with Gasteiger partial charge >= 0.3 is 6.03 Å². The van der Waals surface area contributed by atoms with Crippen molar-refractivity contribution in [2.45, 2.75) is 6.92 Å². The fourth-order valence-electron chi connectivity index (χ4n) is 1.73. The highest BCUT2D eigenvalue weighted by atomic mass is 35.5. The minimum absolute atomic E-state index is 0.0459. The number of benzene rings is 2. The number of hydrogen-bond donors (Lipinski definition) is 2. The van der Waals surface area contributed by atoms with Crippen LogP contribution in [0, 0.1) is 0 Å². The second kappa shape index (κ2) is 8.14. The lowest BCUT2D eigenvalue weighted by molar-refractivity contribution is 0.234. The van der Waals surface area contributed by atoms with E-state index in [0.29, 0.717) is 28.8 Å². The lowest BCUT2D eigenvalue weighted by Crippen LogP contribution is -2.32. The SMILES string of the molecule is CCOc1ccccc1NC(=O)NCOc1ccc(Cl)cc1. The molecule has 0 fully saturated rings. The monoisotopic (exact) mass is 320 g/mol. The van der Waals surface area contributed by atoms with E-state index in [1.54, 1.807) is 36.4 Å². The normalized spacial score (nSPS) is 9.91. The van der Waals surface area contributed by atoms with Gasteiger partial charge in [0.05, 0.1) is 12.3 Å². The van der Waals surface area contributed by atoms with Crippen LogP contribution in [-0.2, 0) is 0 Å². The van der Waals surface area contributed by atoms with E-state index in [4.69, 9.17) is 21.1 Å². The molecule has 2 aromatic rings. The van der Waals surface area contributed by atoms with Crippen LogP contribution in [0.15, 0.2) is 48.5 Å². The Morgan fingerprint density at radius 2 is 1.82 bits per heavy atom. The van der Waals surface area contributed by atoms with Crippen molar-refractivity contribution >= 4 is 23.3 Å². The second-order valence-electron chi connectivity index (χ2n) is 4.30. The number of anilines is 1. The zero-order valence-corrected chi connectivity index (χ0v) is 12.9. The van der Waals surface area contributed by atoms with Gasteiger partial charge in [-0.2, -0.15) is 0 Å². The maximum Gasteiger partial charge on any atom is 0.321 e. The highest BCUT2D eigenvalue weighted by molar-refractivity contribution is 6.30. The van der Waals surface area contributed by atoms with Gasteiger partial charge in [0.2, 0.25) is 0 Å². The van der Waals surface area contributed by atoms with E-state index in [2.05, 4.69) is 10.6 Å². The van der Waals surface area contributed by atoms with Crippen molar-refractivity contribution in [3.63, 3.8) is 0 Å². The lowest BCUT2D eigenvalue weighted by atomic mass is 10.3. The Morgan fingerprint density at radius 1 is 1.09 bits per heavy atom. The molecule has 0 saturated carbocycles. The topological polar surface area (TPSA) is 59.6 Å². The Bertz CT molecular complexity index is 617. The first-order chi connectivity index (χ1) is 10.7. The molecule has 0 aliphatic rings. The van der Waals surface area contributed by atoms with E-state index in [1.807, 2.05) is 19.1 Å². The van der Waals surface area contributed by atoms with E-state index in [0.717, 1.165) is 0 Å². The summed E-state index contributed by atoms with van der Waals surface area (Å²) in [6.45, 7) is 2.46. The van der Waals surface area contributed by atoms with Crippen LogP contribution >= 0.6 is 11.6 Å². The molecule has 0 bridgehead atoms. The van der Waals surface area contributed by atoms with Crippen LogP contribution in [0.4, 0.5) is 10.5 Å². The number of hydrogen-bond acceptors (Lipinski definition) is 3. The highest BCUT2D eigenvalue weighted by Crippen LogP contribution is 2.23. The molecular weight excluding hydrogens is 304 g/mol. The Hall–Kier alpha value is -2.40. The van der Waals surface area contributed by atoms with Crippen molar-refractivity contribution in [1.29, 1.82) is 0 Å². The van der Waals surface area contributed by atoms with Gasteiger partial charge in [0.15, 0.2) is 6.73 Å². The fraction of sp³-hybridized carbons (Fsp3) is 0.188. The van der Waals surface area contributed by atoms with Gasteiger partial charge in [-0.3, -0.25) is 0 Å². The van der Waals surface area contributed by atoms with Crippen LogP contribution in [-0.4, -0.2) is 19.4 Å². The molecule has 0 aliphatic heterocycles. The Morgan fingerprint density at radius 3 is 2.55 bits per heavy atom. The third-order valence-corrected chi connectivity index (χ3v) is 2.97. The van der Waals surface area contributed by atoms with Crippen LogP contribution in [0.5, 0.6) is 11.5 Å². The maximum absolute atomic E-state index is 11.8. The number of nitrogens with one attached hydrogen (secondary N) is 2. The summed E-state index contributed by atoms with van der Waals surface area (Å²) in [4.78, 5) is 11.8. The van der Waals surface area contributed by atoms with E-state index in [1.165, 1.54) is 0 Å². The van der Waals surface area contributed by atoms with Gasteiger partial charge in [-0.05, 0) is 43.3 Å². The quantitative estimate of drug-likeness (QED) is 0.794. The summed E-state index contributed by atoms with van der Waals surface area (Å²) in [5.74, 6) is 1.25. The van der Waals surface area contributed by atoms with E-state index in [9.17, 15) is 4.79 Å². The van der Waals surface area contributed by atoms with Crippen LogP contribution < -0.4 is 20.1 Å². The summed E-state index contributed by atoms with van der Waals surface area (Å²) >= 11 is 5.78. The molecule has 0 aliphatic carbocycles. The van der Waals surface area contributed by atoms with Crippen molar-refractivity contribution in [3.8, 4) is 11.5 Å². The molecule has 6 heteroatoms. The van der Waals surface area contributed by atoms with Crippen molar-refractivity contribution in [2.24, 2.45) is 0 Å². The Kier molecular flexibility index (Phi) is 5.91. The number of rotatable bonds is 6.